The number of para-hydroxylation sites is 2. The number of rotatable bonds is 1. The van der Waals surface area contributed by atoms with E-state index in [4.69, 9.17) is 4.84 Å². The Kier molecular flexibility index (Phi) is 2.57. The molecule has 21 heavy (non-hydrogen) atoms. The molecule has 4 heteroatoms. The fourth-order valence-electron chi connectivity index (χ4n) is 3.14. The van der Waals surface area contributed by atoms with Gasteiger partial charge >= 0.3 is 5.97 Å². The summed E-state index contributed by atoms with van der Waals surface area (Å²) in [6.07, 6.45) is 0.762. The first-order valence-corrected chi connectivity index (χ1v) is 7.00. The summed E-state index contributed by atoms with van der Waals surface area (Å²) in [7, 11) is 0. The van der Waals surface area contributed by atoms with Gasteiger partial charge in [-0.3, -0.25) is 0 Å². The van der Waals surface area contributed by atoms with E-state index in [1.807, 2.05) is 12.1 Å². The van der Waals surface area contributed by atoms with E-state index in [2.05, 4.69) is 40.1 Å². The summed E-state index contributed by atoms with van der Waals surface area (Å²) in [5.74, 6) is -0.388. The third-order valence-corrected chi connectivity index (χ3v) is 3.96. The lowest BCUT2D eigenvalue weighted by Gasteiger charge is -2.17. The third kappa shape index (κ3) is 1.76. The van der Waals surface area contributed by atoms with Gasteiger partial charge in [-0.2, -0.15) is 0 Å². The Labute approximate surface area is 121 Å². The van der Waals surface area contributed by atoms with E-state index < -0.39 is 0 Å². The van der Waals surface area contributed by atoms with E-state index in [0.717, 1.165) is 24.2 Å². The summed E-state index contributed by atoms with van der Waals surface area (Å²) in [6.45, 7) is 2.21. The van der Waals surface area contributed by atoms with E-state index in [1.165, 1.54) is 28.7 Å². The van der Waals surface area contributed by atoms with E-state index in [0.29, 0.717) is 0 Å². The molecule has 0 fully saturated rings. The molecule has 0 radical (unpaired) electrons. The predicted molar refractivity (Wildman–Crippen MR) is 82.4 cm³/mol. The van der Waals surface area contributed by atoms with Crippen LogP contribution in [0.3, 0.4) is 0 Å². The van der Waals surface area contributed by atoms with Crippen molar-refractivity contribution in [2.45, 2.75) is 19.9 Å². The molecule has 0 amide bonds. The molecule has 0 spiro atoms. The number of hydrogen-bond acceptors (Lipinski definition) is 3. The summed E-state index contributed by atoms with van der Waals surface area (Å²) in [5.41, 5.74) is 4.31. The van der Waals surface area contributed by atoms with Crippen molar-refractivity contribution < 1.29 is 9.63 Å². The predicted octanol–water partition coefficient (Wildman–Crippen LogP) is 3.47. The number of carbonyl (C=O) groups is 1. The minimum Gasteiger partial charge on any atom is -0.340 e. The molecule has 0 unspecified atom stereocenters. The summed E-state index contributed by atoms with van der Waals surface area (Å²) in [4.78, 5) is 15.8. The summed E-state index contributed by atoms with van der Waals surface area (Å²) >= 11 is 0. The normalized spacial score (nSPS) is 15.8. The quantitative estimate of drug-likeness (QED) is 0.505. The second-order valence-electron chi connectivity index (χ2n) is 5.24. The first kappa shape index (κ1) is 12.1. The zero-order chi connectivity index (χ0) is 14.4. The summed E-state index contributed by atoms with van der Waals surface area (Å²) in [6, 6.07) is 14.6. The van der Waals surface area contributed by atoms with E-state index in [9.17, 15) is 4.79 Å². The smallest absolute Gasteiger partial charge is 0.331 e. The van der Waals surface area contributed by atoms with Crippen LogP contribution < -0.4 is 0 Å². The fourth-order valence-corrected chi connectivity index (χ4v) is 3.14. The van der Waals surface area contributed by atoms with Gasteiger partial charge in [-0.1, -0.05) is 41.6 Å². The maximum absolute atomic E-state index is 11.0. The molecule has 4 nitrogen and oxygen atoms in total. The minimum atomic E-state index is -0.388. The number of nitrogens with zero attached hydrogens (tertiary/aromatic N) is 2. The number of benzene rings is 2. The van der Waals surface area contributed by atoms with Gasteiger partial charge in [-0.25, -0.2) is 4.79 Å². The Bertz CT molecular complexity index is 906. The number of aryl methyl sites for hydroxylation is 1. The lowest BCUT2D eigenvalue weighted by molar-refractivity contribution is -0.140. The minimum absolute atomic E-state index is 0.388. The SMILES string of the molecule is CC(=O)O/N=C1\CCn2c3ccccc3c3cccc1c32. The number of aromatic nitrogens is 1. The number of hydrogen-bond donors (Lipinski definition) is 0. The molecule has 0 saturated heterocycles. The van der Waals surface area contributed by atoms with Gasteiger partial charge in [-0.05, 0) is 6.07 Å². The van der Waals surface area contributed by atoms with Gasteiger partial charge in [-0.15, -0.1) is 0 Å². The highest BCUT2D eigenvalue weighted by Gasteiger charge is 2.21. The van der Waals surface area contributed by atoms with Crippen LogP contribution in [0.1, 0.15) is 18.9 Å². The van der Waals surface area contributed by atoms with Crippen LogP contribution in [0.25, 0.3) is 21.8 Å². The maximum Gasteiger partial charge on any atom is 0.331 e. The van der Waals surface area contributed by atoms with Gasteiger partial charge in [0.05, 0.1) is 11.2 Å². The first-order chi connectivity index (χ1) is 10.3. The molecule has 2 heterocycles. The molecule has 0 N–H and O–H groups in total. The molecule has 3 aromatic rings. The highest BCUT2D eigenvalue weighted by Crippen LogP contribution is 2.34. The van der Waals surface area contributed by atoms with E-state index in [1.54, 1.807) is 0 Å². The number of oxime groups is 1. The van der Waals surface area contributed by atoms with E-state index in [-0.39, 0.29) is 5.97 Å². The molecule has 0 bridgehead atoms. The Balaban J connectivity index is 2.04. The van der Waals surface area contributed by atoms with Crippen LogP contribution in [0.4, 0.5) is 0 Å². The van der Waals surface area contributed by atoms with Crippen molar-refractivity contribution in [3.8, 4) is 0 Å². The second kappa shape index (κ2) is 4.45. The van der Waals surface area contributed by atoms with Gasteiger partial charge in [0, 0.05) is 41.7 Å². The monoisotopic (exact) mass is 278 g/mol. The Morgan fingerprint density at radius 3 is 2.81 bits per heavy atom. The van der Waals surface area contributed by atoms with Crippen molar-refractivity contribution in [2.75, 3.05) is 0 Å². The van der Waals surface area contributed by atoms with Crippen LogP contribution in [-0.4, -0.2) is 16.2 Å². The lowest BCUT2D eigenvalue weighted by Crippen LogP contribution is -2.15. The molecule has 104 valence electrons. The van der Waals surface area contributed by atoms with Crippen molar-refractivity contribution in [2.24, 2.45) is 5.16 Å². The van der Waals surface area contributed by atoms with Gasteiger partial charge in [0.1, 0.15) is 0 Å². The average molecular weight is 278 g/mol. The third-order valence-electron chi connectivity index (χ3n) is 3.96. The van der Waals surface area contributed by atoms with Crippen LogP contribution in [0.5, 0.6) is 0 Å². The van der Waals surface area contributed by atoms with Gasteiger partial charge in [0.15, 0.2) is 0 Å². The molecule has 0 atom stereocenters. The van der Waals surface area contributed by atoms with Crippen molar-refractivity contribution in [3.05, 3.63) is 48.0 Å². The molecule has 0 saturated carbocycles. The first-order valence-electron chi connectivity index (χ1n) is 7.00. The van der Waals surface area contributed by atoms with Crippen LogP contribution in [0.2, 0.25) is 0 Å². The molecule has 1 aromatic heterocycles. The van der Waals surface area contributed by atoms with Crippen molar-refractivity contribution in [1.29, 1.82) is 0 Å². The molecule has 2 aromatic carbocycles. The average Bonchev–Trinajstić information content (AvgIpc) is 2.83. The molecular weight excluding hydrogens is 264 g/mol. The molecule has 0 aliphatic carbocycles. The van der Waals surface area contributed by atoms with Crippen LogP contribution in [-0.2, 0) is 16.2 Å². The van der Waals surface area contributed by atoms with Crippen molar-refractivity contribution in [3.63, 3.8) is 0 Å². The Hall–Kier alpha value is -2.62. The topological polar surface area (TPSA) is 43.6 Å². The van der Waals surface area contributed by atoms with Crippen LogP contribution in [0, 0.1) is 0 Å². The standard InChI is InChI=1S/C17H14N2O2/c1-11(20)21-18-15-9-10-19-16-8-3-2-5-12(16)13-6-4-7-14(15)17(13)19/h2-8H,9-10H2,1H3/b18-15+. The highest BCUT2D eigenvalue weighted by atomic mass is 16.7. The molecule has 4 rings (SSSR count). The molecule has 1 aliphatic heterocycles. The summed E-state index contributed by atoms with van der Waals surface area (Å²) in [5, 5.41) is 6.50. The Morgan fingerprint density at radius 2 is 1.95 bits per heavy atom. The highest BCUT2D eigenvalue weighted by molar-refractivity contribution is 6.18. The zero-order valence-corrected chi connectivity index (χ0v) is 11.7. The maximum atomic E-state index is 11.0. The fraction of sp³-hybridized carbons (Fsp3) is 0.176. The zero-order valence-electron chi connectivity index (χ0n) is 11.7. The van der Waals surface area contributed by atoms with Crippen LogP contribution >= 0.6 is 0 Å². The summed E-state index contributed by atoms with van der Waals surface area (Å²) < 4.78 is 2.33. The van der Waals surface area contributed by atoms with Crippen molar-refractivity contribution >= 4 is 33.5 Å². The van der Waals surface area contributed by atoms with Crippen molar-refractivity contribution in [1.82, 2.24) is 4.57 Å². The van der Waals surface area contributed by atoms with Gasteiger partial charge in [0.25, 0.3) is 0 Å². The lowest BCUT2D eigenvalue weighted by atomic mass is 10.0. The number of carbonyl (C=O) groups excluding carboxylic acids is 1. The Morgan fingerprint density at radius 1 is 1.14 bits per heavy atom. The number of fused-ring (bicyclic) bond motifs is 3. The molecular formula is C17H14N2O2. The van der Waals surface area contributed by atoms with Gasteiger partial charge in [0.2, 0.25) is 0 Å². The molecule has 1 aliphatic rings. The van der Waals surface area contributed by atoms with Crippen LogP contribution in [0.15, 0.2) is 47.6 Å². The van der Waals surface area contributed by atoms with Gasteiger partial charge < -0.3 is 9.40 Å². The van der Waals surface area contributed by atoms with E-state index >= 15 is 0 Å². The second-order valence-corrected chi connectivity index (χ2v) is 5.24. The largest absolute Gasteiger partial charge is 0.340 e.